The molecule has 10 aromatic rings. The lowest BCUT2D eigenvalue weighted by atomic mass is 10.3. The first kappa shape index (κ1) is 27.4. The van der Waals surface area contributed by atoms with E-state index in [4.69, 9.17) is 9.97 Å². The van der Waals surface area contributed by atoms with Crippen LogP contribution in [0.3, 0.4) is 0 Å². The van der Waals surface area contributed by atoms with Crippen molar-refractivity contribution >= 4 is 44.1 Å². The second kappa shape index (κ2) is 11.5. The van der Waals surface area contributed by atoms with E-state index in [1.807, 2.05) is 152 Å². The molecule has 10 heteroatoms. The maximum absolute atomic E-state index is 4.80. The number of rotatable bonds is 4. The van der Waals surface area contributed by atoms with Gasteiger partial charge >= 0.3 is 0 Å². The third-order valence-corrected chi connectivity index (χ3v) is 8.22. The van der Waals surface area contributed by atoms with E-state index in [1.54, 1.807) is 24.8 Å². The zero-order chi connectivity index (χ0) is 31.9. The second-order valence-electron chi connectivity index (χ2n) is 11.1. The molecule has 228 valence electrons. The molecule has 10 aromatic heterocycles. The average molecular weight is 623 g/mol. The predicted molar refractivity (Wildman–Crippen MR) is 187 cm³/mol. The van der Waals surface area contributed by atoms with Gasteiger partial charge in [0.15, 0.2) is 0 Å². The van der Waals surface area contributed by atoms with Crippen LogP contribution in [0.5, 0.6) is 0 Å². The zero-order valence-corrected chi connectivity index (χ0v) is 25.5. The molecule has 0 aliphatic heterocycles. The number of aromatic nitrogens is 10. The van der Waals surface area contributed by atoms with Crippen LogP contribution in [0.25, 0.3) is 67.4 Å². The standard InChI is InChI=1S/2C19H13N5/c2*1-6-16(23-12-8-14-4-2-10-20-18(14)23)22-17(7-1)24-13-9-15-5-3-11-21-19(15)24/h2*1-13H. The van der Waals surface area contributed by atoms with Crippen molar-refractivity contribution in [3.63, 3.8) is 0 Å². The largest absolute Gasteiger partial charge is 0.285 e. The minimum absolute atomic E-state index is 0.832. The van der Waals surface area contributed by atoms with Crippen molar-refractivity contribution in [2.75, 3.05) is 0 Å². The smallest absolute Gasteiger partial charge is 0.145 e. The van der Waals surface area contributed by atoms with Crippen LogP contribution in [-0.2, 0) is 0 Å². The molecule has 48 heavy (non-hydrogen) atoms. The van der Waals surface area contributed by atoms with Crippen LogP contribution >= 0.6 is 0 Å². The highest BCUT2D eigenvalue weighted by Gasteiger charge is 2.10. The Bertz CT molecular complexity index is 2350. The molecule has 10 heterocycles. The van der Waals surface area contributed by atoms with Gasteiger partial charge < -0.3 is 0 Å². The van der Waals surface area contributed by atoms with Gasteiger partial charge in [-0.2, -0.15) is 0 Å². The van der Waals surface area contributed by atoms with Gasteiger partial charge in [-0.15, -0.1) is 0 Å². The number of nitrogens with zero attached hydrogens (tertiary/aromatic N) is 10. The lowest BCUT2D eigenvalue weighted by Crippen LogP contribution is -2.02. The quantitative estimate of drug-likeness (QED) is 0.201. The minimum atomic E-state index is 0.832. The fourth-order valence-corrected chi connectivity index (χ4v) is 5.97. The zero-order valence-electron chi connectivity index (χ0n) is 25.5. The fraction of sp³-hybridized carbons (Fsp3) is 0. The topological polar surface area (TPSA) is 97.1 Å². The molecule has 10 nitrogen and oxygen atoms in total. The van der Waals surface area contributed by atoms with Gasteiger partial charge in [0.1, 0.15) is 45.9 Å². The Morgan fingerprint density at radius 2 is 0.562 bits per heavy atom. The molecule has 0 amide bonds. The third-order valence-electron chi connectivity index (χ3n) is 8.22. The lowest BCUT2D eigenvalue weighted by molar-refractivity contribution is 0.962. The lowest BCUT2D eigenvalue weighted by Gasteiger charge is -2.08. The summed E-state index contributed by atoms with van der Waals surface area (Å²) in [5.74, 6) is 3.33. The highest BCUT2D eigenvalue weighted by atomic mass is 15.2. The summed E-state index contributed by atoms with van der Waals surface area (Å²) in [6.45, 7) is 0. The molecule has 0 bridgehead atoms. The Morgan fingerprint density at radius 3 is 0.833 bits per heavy atom. The minimum Gasteiger partial charge on any atom is -0.285 e. The summed E-state index contributed by atoms with van der Waals surface area (Å²) in [7, 11) is 0. The second-order valence-corrected chi connectivity index (χ2v) is 11.1. The van der Waals surface area contributed by atoms with Crippen LogP contribution in [-0.4, -0.2) is 48.2 Å². The normalized spacial score (nSPS) is 11.3. The number of pyridine rings is 6. The number of hydrogen-bond acceptors (Lipinski definition) is 6. The van der Waals surface area contributed by atoms with Gasteiger partial charge in [0.25, 0.3) is 0 Å². The van der Waals surface area contributed by atoms with E-state index in [-0.39, 0.29) is 0 Å². The summed E-state index contributed by atoms with van der Waals surface area (Å²) in [6, 6.07) is 36.1. The molecule has 0 aliphatic rings. The Labute approximate surface area is 273 Å². The van der Waals surface area contributed by atoms with Gasteiger partial charge in [0.2, 0.25) is 0 Å². The fourth-order valence-electron chi connectivity index (χ4n) is 5.97. The molecule has 0 aliphatic carbocycles. The summed E-state index contributed by atoms with van der Waals surface area (Å²) in [4.78, 5) is 27.5. The highest BCUT2D eigenvalue weighted by Crippen LogP contribution is 2.22. The Kier molecular flexibility index (Phi) is 6.53. The van der Waals surface area contributed by atoms with Crippen molar-refractivity contribution in [1.82, 2.24) is 48.2 Å². The molecule has 0 atom stereocenters. The van der Waals surface area contributed by atoms with E-state index in [1.165, 1.54) is 0 Å². The van der Waals surface area contributed by atoms with Gasteiger partial charge in [-0.05, 0) is 97.1 Å². The van der Waals surface area contributed by atoms with E-state index in [2.05, 4.69) is 19.9 Å². The molecule has 0 unspecified atom stereocenters. The first-order chi connectivity index (χ1) is 23.8. The average Bonchev–Trinajstić information content (AvgIpc) is 3.96. The highest BCUT2D eigenvalue weighted by molar-refractivity contribution is 5.80. The molecule has 0 spiro atoms. The summed E-state index contributed by atoms with van der Waals surface area (Å²) in [5, 5.41) is 4.38. The van der Waals surface area contributed by atoms with Crippen molar-refractivity contribution in [2.24, 2.45) is 0 Å². The molecular formula is C38H26N10. The van der Waals surface area contributed by atoms with Gasteiger partial charge in [-0.25, -0.2) is 29.9 Å². The van der Waals surface area contributed by atoms with E-state index in [0.717, 1.165) is 67.4 Å². The van der Waals surface area contributed by atoms with Crippen molar-refractivity contribution in [3.05, 3.63) is 159 Å². The van der Waals surface area contributed by atoms with Gasteiger partial charge in [0, 0.05) is 71.1 Å². The van der Waals surface area contributed by atoms with Gasteiger partial charge in [-0.3, -0.25) is 18.3 Å². The number of hydrogen-bond donors (Lipinski definition) is 0. The van der Waals surface area contributed by atoms with E-state index in [9.17, 15) is 0 Å². The summed E-state index contributed by atoms with van der Waals surface area (Å²) < 4.78 is 7.99. The van der Waals surface area contributed by atoms with Gasteiger partial charge in [-0.1, -0.05) is 12.1 Å². The summed E-state index contributed by atoms with van der Waals surface area (Å²) >= 11 is 0. The van der Waals surface area contributed by atoms with E-state index < -0.39 is 0 Å². The Balaban J connectivity index is 0.000000131. The van der Waals surface area contributed by atoms with Crippen LogP contribution < -0.4 is 0 Å². The van der Waals surface area contributed by atoms with Crippen LogP contribution in [0.2, 0.25) is 0 Å². The van der Waals surface area contributed by atoms with Crippen LogP contribution in [0.4, 0.5) is 0 Å². The SMILES string of the molecule is c1cc(-n2ccc3cccnc32)nc(-n2ccc3cccnc32)c1.c1cc(-n2ccc3cccnc32)nc(-n2ccc3cccnc32)c1. The van der Waals surface area contributed by atoms with Crippen LogP contribution in [0.1, 0.15) is 0 Å². The van der Waals surface area contributed by atoms with E-state index >= 15 is 0 Å². The Hall–Kier alpha value is -6.94. The first-order valence-corrected chi connectivity index (χ1v) is 15.4. The summed E-state index contributed by atoms with van der Waals surface area (Å²) in [6.07, 6.45) is 15.2. The third kappa shape index (κ3) is 4.76. The molecule has 0 radical (unpaired) electrons. The maximum atomic E-state index is 4.80. The number of fused-ring (bicyclic) bond motifs is 4. The Morgan fingerprint density at radius 1 is 0.292 bits per heavy atom. The molecule has 0 aromatic carbocycles. The molecular weight excluding hydrogens is 596 g/mol. The van der Waals surface area contributed by atoms with Crippen molar-refractivity contribution in [3.8, 4) is 23.3 Å². The monoisotopic (exact) mass is 622 g/mol. The first-order valence-electron chi connectivity index (χ1n) is 15.4. The molecule has 0 fully saturated rings. The maximum Gasteiger partial charge on any atom is 0.145 e. The molecule has 0 N–H and O–H groups in total. The van der Waals surface area contributed by atoms with Crippen LogP contribution in [0.15, 0.2) is 159 Å². The molecule has 0 saturated heterocycles. The van der Waals surface area contributed by atoms with Crippen molar-refractivity contribution in [2.45, 2.75) is 0 Å². The van der Waals surface area contributed by atoms with Crippen molar-refractivity contribution in [1.29, 1.82) is 0 Å². The predicted octanol–water partition coefficient (Wildman–Crippen LogP) is 7.52. The molecule has 10 rings (SSSR count). The van der Waals surface area contributed by atoms with Crippen molar-refractivity contribution < 1.29 is 0 Å². The summed E-state index contributed by atoms with van der Waals surface area (Å²) in [5.41, 5.74) is 3.60. The van der Waals surface area contributed by atoms with Crippen LogP contribution in [0, 0.1) is 0 Å². The van der Waals surface area contributed by atoms with E-state index in [0.29, 0.717) is 0 Å². The van der Waals surface area contributed by atoms with Gasteiger partial charge in [0.05, 0.1) is 0 Å². The molecule has 0 saturated carbocycles.